The zero-order chi connectivity index (χ0) is 18.9. The van der Waals surface area contributed by atoms with Crippen molar-refractivity contribution in [2.45, 2.75) is 6.36 Å². The van der Waals surface area contributed by atoms with Crippen molar-refractivity contribution in [3.8, 4) is 26.9 Å². The first-order chi connectivity index (χ1) is 12.2. The number of nitrogens with zero attached hydrogens (tertiary/aromatic N) is 3. The fourth-order valence-corrected chi connectivity index (χ4v) is 2.89. The largest absolute Gasteiger partial charge is 0.573 e. The molecule has 0 saturated carbocycles. The van der Waals surface area contributed by atoms with E-state index in [2.05, 4.69) is 14.9 Å². The second-order valence-corrected chi connectivity index (χ2v) is 5.89. The van der Waals surface area contributed by atoms with Crippen LogP contribution in [-0.2, 0) is 0 Å². The first kappa shape index (κ1) is 17.7. The summed E-state index contributed by atoms with van der Waals surface area (Å²) in [6.07, 6.45) is -4.78. The molecule has 0 aliphatic carbocycles. The van der Waals surface area contributed by atoms with Crippen LogP contribution in [0.5, 0.6) is 5.75 Å². The van der Waals surface area contributed by atoms with E-state index in [1.807, 2.05) is 0 Å². The van der Waals surface area contributed by atoms with Crippen LogP contribution in [0.25, 0.3) is 21.1 Å². The maximum absolute atomic E-state index is 13.7. The van der Waals surface area contributed by atoms with Crippen molar-refractivity contribution < 1.29 is 27.2 Å². The maximum atomic E-state index is 13.7. The van der Waals surface area contributed by atoms with Crippen molar-refractivity contribution in [1.29, 1.82) is 0 Å². The molecule has 6 nitrogen and oxygen atoms in total. The Morgan fingerprint density at radius 1 is 1.00 bits per heavy atom. The van der Waals surface area contributed by atoms with Gasteiger partial charge in [0.05, 0.1) is 4.92 Å². The molecule has 11 heteroatoms. The lowest BCUT2D eigenvalue weighted by molar-refractivity contribution is -0.387. The van der Waals surface area contributed by atoms with Crippen molar-refractivity contribution >= 4 is 17.0 Å². The molecule has 0 radical (unpaired) electrons. The van der Waals surface area contributed by atoms with Gasteiger partial charge in [-0.1, -0.05) is 11.3 Å². The molecule has 0 aliphatic rings. The van der Waals surface area contributed by atoms with Gasteiger partial charge in [0.1, 0.15) is 15.8 Å². The minimum atomic E-state index is -4.78. The summed E-state index contributed by atoms with van der Waals surface area (Å²) < 4.78 is 53.9. The Morgan fingerprint density at radius 3 is 2.12 bits per heavy atom. The number of halogens is 4. The first-order valence-electron chi connectivity index (χ1n) is 6.87. The Labute approximate surface area is 146 Å². The Hall–Kier alpha value is -3.08. The highest BCUT2D eigenvalue weighted by Gasteiger charge is 2.31. The maximum Gasteiger partial charge on any atom is 0.573 e. The minimum Gasteiger partial charge on any atom is -0.406 e. The fourth-order valence-electron chi connectivity index (χ4n) is 2.04. The molecule has 3 rings (SSSR count). The van der Waals surface area contributed by atoms with Crippen LogP contribution in [-0.4, -0.2) is 21.5 Å². The molecule has 0 spiro atoms. The second kappa shape index (κ2) is 6.67. The topological polar surface area (TPSA) is 78.2 Å². The number of benzene rings is 2. The summed E-state index contributed by atoms with van der Waals surface area (Å²) in [5.41, 5.74) is 0.137. The SMILES string of the molecule is O=[N+]([O-])c1ccc(-c2nnc(-c3ccc(OC(F)(F)F)cc3)s2)cc1F. The summed E-state index contributed by atoms with van der Waals surface area (Å²) in [6, 6.07) is 8.36. The highest BCUT2D eigenvalue weighted by atomic mass is 32.1. The van der Waals surface area contributed by atoms with Gasteiger partial charge in [0, 0.05) is 17.2 Å². The summed E-state index contributed by atoms with van der Waals surface area (Å²) in [6.45, 7) is 0. The smallest absolute Gasteiger partial charge is 0.406 e. The zero-order valence-electron chi connectivity index (χ0n) is 12.5. The fraction of sp³-hybridized carbons (Fsp3) is 0.0667. The van der Waals surface area contributed by atoms with E-state index < -0.39 is 22.8 Å². The molecule has 0 bridgehead atoms. The standard InChI is InChI=1S/C15H7F4N3O3S/c16-11-7-9(3-6-12(11)22(23)24)14-21-20-13(26-14)8-1-4-10(5-2-8)25-15(17,18)19/h1-7H. The van der Waals surface area contributed by atoms with Crippen LogP contribution in [0.4, 0.5) is 23.2 Å². The monoisotopic (exact) mass is 385 g/mol. The van der Waals surface area contributed by atoms with Crippen LogP contribution in [0, 0.1) is 15.9 Å². The Morgan fingerprint density at radius 2 is 1.58 bits per heavy atom. The number of hydrogen-bond acceptors (Lipinski definition) is 6. The minimum absolute atomic E-state index is 0.300. The highest BCUT2D eigenvalue weighted by molar-refractivity contribution is 7.17. The van der Waals surface area contributed by atoms with Crippen LogP contribution in [0.1, 0.15) is 0 Å². The van der Waals surface area contributed by atoms with E-state index in [1.165, 1.54) is 18.2 Å². The Balaban J connectivity index is 1.84. The van der Waals surface area contributed by atoms with Gasteiger partial charge in [-0.05, 0) is 36.4 Å². The second-order valence-electron chi connectivity index (χ2n) is 4.91. The summed E-state index contributed by atoms with van der Waals surface area (Å²) in [5, 5.41) is 19.1. The number of alkyl halides is 3. The molecule has 1 heterocycles. The van der Waals surface area contributed by atoms with Crippen LogP contribution < -0.4 is 4.74 Å². The van der Waals surface area contributed by atoms with E-state index in [0.29, 0.717) is 21.1 Å². The van der Waals surface area contributed by atoms with Gasteiger partial charge in [0.15, 0.2) is 0 Å². The number of rotatable bonds is 4. The first-order valence-corrected chi connectivity index (χ1v) is 7.68. The van der Waals surface area contributed by atoms with Crippen LogP contribution in [0.2, 0.25) is 0 Å². The lowest BCUT2D eigenvalue weighted by Crippen LogP contribution is -2.16. The summed E-state index contributed by atoms with van der Waals surface area (Å²) in [7, 11) is 0. The summed E-state index contributed by atoms with van der Waals surface area (Å²) >= 11 is 1.06. The molecule has 1 aromatic heterocycles. The lowest BCUT2D eigenvalue weighted by atomic mass is 10.2. The molecular weight excluding hydrogens is 378 g/mol. The molecule has 2 aromatic carbocycles. The van der Waals surface area contributed by atoms with Crippen molar-refractivity contribution in [1.82, 2.24) is 10.2 Å². The van der Waals surface area contributed by atoms with Crippen LogP contribution in [0.3, 0.4) is 0 Å². The van der Waals surface area contributed by atoms with Crippen molar-refractivity contribution in [3.63, 3.8) is 0 Å². The van der Waals surface area contributed by atoms with Gasteiger partial charge in [-0.2, -0.15) is 4.39 Å². The molecule has 0 atom stereocenters. The van der Waals surface area contributed by atoms with Crippen molar-refractivity contribution in [2.75, 3.05) is 0 Å². The molecule has 0 amide bonds. The molecule has 26 heavy (non-hydrogen) atoms. The number of aromatic nitrogens is 2. The Kier molecular flexibility index (Phi) is 4.55. The van der Waals surface area contributed by atoms with E-state index in [0.717, 1.165) is 35.6 Å². The zero-order valence-corrected chi connectivity index (χ0v) is 13.3. The highest BCUT2D eigenvalue weighted by Crippen LogP contribution is 2.33. The van der Waals surface area contributed by atoms with Gasteiger partial charge < -0.3 is 4.74 Å². The predicted octanol–water partition coefficient (Wildman–Crippen LogP) is 4.82. The molecule has 134 valence electrons. The van der Waals surface area contributed by atoms with Gasteiger partial charge in [0.2, 0.25) is 5.82 Å². The predicted molar refractivity (Wildman–Crippen MR) is 84.1 cm³/mol. The summed E-state index contributed by atoms with van der Waals surface area (Å²) in [5.74, 6) is -1.37. The third-order valence-electron chi connectivity index (χ3n) is 3.15. The van der Waals surface area contributed by atoms with E-state index >= 15 is 0 Å². The number of nitro groups is 1. The summed E-state index contributed by atoms with van der Waals surface area (Å²) in [4.78, 5) is 9.79. The van der Waals surface area contributed by atoms with E-state index in [-0.39, 0.29) is 5.75 Å². The Bertz CT molecular complexity index is 958. The molecule has 3 aromatic rings. The van der Waals surface area contributed by atoms with Crippen molar-refractivity contribution in [2.24, 2.45) is 0 Å². The average molecular weight is 385 g/mol. The molecule has 0 fully saturated rings. The molecule has 0 unspecified atom stereocenters. The number of nitro benzene ring substituents is 1. The normalized spacial score (nSPS) is 11.4. The van der Waals surface area contributed by atoms with E-state index in [1.54, 1.807) is 0 Å². The van der Waals surface area contributed by atoms with Crippen molar-refractivity contribution in [3.05, 3.63) is 58.4 Å². The number of hydrogen-bond donors (Lipinski definition) is 0. The van der Waals surface area contributed by atoms with E-state index in [9.17, 15) is 27.7 Å². The van der Waals surface area contributed by atoms with Gasteiger partial charge in [-0.3, -0.25) is 10.1 Å². The lowest BCUT2D eigenvalue weighted by Gasteiger charge is -2.08. The third-order valence-corrected chi connectivity index (χ3v) is 4.17. The van der Waals surface area contributed by atoms with Crippen LogP contribution in [0.15, 0.2) is 42.5 Å². The van der Waals surface area contributed by atoms with Crippen LogP contribution >= 0.6 is 11.3 Å². The molecule has 0 N–H and O–H groups in total. The van der Waals surface area contributed by atoms with Gasteiger partial charge >= 0.3 is 12.0 Å². The quantitative estimate of drug-likeness (QED) is 0.366. The molecule has 0 aliphatic heterocycles. The van der Waals surface area contributed by atoms with E-state index in [4.69, 9.17) is 0 Å². The number of ether oxygens (including phenoxy) is 1. The third kappa shape index (κ3) is 3.94. The molecular formula is C15H7F4N3O3S. The van der Waals surface area contributed by atoms with Gasteiger partial charge in [-0.25, -0.2) is 0 Å². The van der Waals surface area contributed by atoms with Gasteiger partial charge in [-0.15, -0.1) is 23.4 Å². The molecule has 0 saturated heterocycles. The van der Waals surface area contributed by atoms with Gasteiger partial charge in [0.25, 0.3) is 0 Å². The average Bonchev–Trinajstić information content (AvgIpc) is 3.03.